The summed E-state index contributed by atoms with van der Waals surface area (Å²) in [5.74, 6) is -1.38. The van der Waals surface area contributed by atoms with E-state index in [-0.39, 0.29) is 12.2 Å². The van der Waals surface area contributed by atoms with Gasteiger partial charge >= 0.3 is 5.97 Å². The lowest BCUT2D eigenvalue weighted by atomic mass is 9.54. The number of aromatic hydroxyl groups is 1. The molecule has 3 aliphatic rings. The number of fused-ring (bicyclic) bond motifs is 1. The molecule has 0 aromatic heterocycles. The molecule has 30 heavy (non-hydrogen) atoms. The fraction of sp³-hybridized carbons (Fsp3) is 0.480. The van der Waals surface area contributed by atoms with Crippen molar-refractivity contribution in [3.05, 3.63) is 64.7 Å². The van der Waals surface area contributed by atoms with E-state index < -0.39 is 23.1 Å². The van der Waals surface area contributed by atoms with Crippen molar-refractivity contribution in [1.82, 2.24) is 0 Å². The topological polar surface area (TPSA) is 87.0 Å². The van der Waals surface area contributed by atoms with Gasteiger partial charge in [-0.25, -0.2) is 0 Å². The van der Waals surface area contributed by atoms with Crippen molar-refractivity contribution in [2.24, 2.45) is 5.92 Å². The number of phenolic OH excluding ortho intramolecular Hbond substituents is 1. The lowest BCUT2D eigenvalue weighted by Crippen LogP contribution is -2.57. The van der Waals surface area contributed by atoms with Crippen LogP contribution in [0, 0.1) is 5.92 Å². The van der Waals surface area contributed by atoms with Crippen molar-refractivity contribution in [2.45, 2.75) is 63.1 Å². The van der Waals surface area contributed by atoms with Gasteiger partial charge in [-0.15, -0.1) is 0 Å². The molecule has 5 heteroatoms. The number of hydrogen-bond acceptors (Lipinski definition) is 5. The van der Waals surface area contributed by atoms with E-state index in [1.807, 2.05) is 0 Å². The minimum absolute atomic E-state index is 0.0120. The summed E-state index contributed by atoms with van der Waals surface area (Å²) >= 11 is 0. The van der Waals surface area contributed by atoms with Gasteiger partial charge in [-0.2, -0.15) is 0 Å². The molecule has 0 fully saturated rings. The second-order valence-electron chi connectivity index (χ2n) is 8.59. The molecule has 2 aromatic rings. The Morgan fingerprint density at radius 3 is 2.40 bits per heavy atom. The van der Waals surface area contributed by atoms with Crippen LogP contribution in [0.5, 0.6) is 5.75 Å². The van der Waals surface area contributed by atoms with Crippen LogP contribution in [-0.2, 0) is 20.7 Å². The summed E-state index contributed by atoms with van der Waals surface area (Å²) in [5.41, 5.74) is -1.05. The Bertz CT molecular complexity index is 939. The number of rotatable bonds is 8. The van der Waals surface area contributed by atoms with Crippen molar-refractivity contribution in [2.75, 3.05) is 6.61 Å². The van der Waals surface area contributed by atoms with Gasteiger partial charge in [0, 0.05) is 6.42 Å². The molecule has 3 unspecified atom stereocenters. The molecule has 160 valence electrons. The average Bonchev–Trinajstić information content (AvgIpc) is 2.75. The largest absolute Gasteiger partial charge is 0.508 e. The molecule has 3 aliphatic carbocycles. The summed E-state index contributed by atoms with van der Waals surface area (Å²) in [7, 11) is 0. The second-order valence-corrected chi connectivity index (χ2v) is 8.59. The van der Waals surface area contributed by atoms with Gasteiger partial charge in [0.05, 0.1) is 12.5 Å². The maximum Gasteiger partial charge on any atom is 0.312 e. The Balaban J connectivity index is 1.58. The summed E-state index contributed by atoms with van der Waals surface area (Å²) in [5, 5.41) is 33.5. The van der Waals surface area contributed by atoms with Gasteiger partial charge in [0.2, 0.25) is 0 Å². The molecule has 0 amide bonds. The molecule has 3 N–H and O–H groups in total. The van der Waals surface area contributed by atoms with E-state index in [1.54, 1.807) is 30.3 Å². The third-order valence-electron chi connectivity index (χ3n) is 6.67. The van der Waals surface area contributed by atoms with Crippen LogP contribution in [0.15, 0.2) is 42.5 Å². The first kappa shape index (κ1) is 20.9. The van der Waals surface area contributed by atoms with Gasteiger partial charge in [0.1, 0.15) is 17.0 Å². The average molecular weight is 411 g/mol. The maximum absolute atomic E-state index is 13.0. The van der Waals surface area contributed by atoms with E-state index in [0.29, 0.717) is 28.9 Å². The minimum atomic E-state index is -1.59. The standard InChI is InChI=1S/C25H30O5/c1-2-3-4-5-6-9-14-30-23(27)22-16-24(28)18-10-7-8-11-19(18)25(22,29)20-13-12-17(26)15-21(20)24/h7-8,10-13,15,22,26,28-29H,2-6,9,14,16H2,1H3. The number of esters is 1. The van der Waals surface area contributed by atoms with Gasteiger partial charge in [0.15, 0.2) is 0 Å². The highest BCUT2D eigenvalue weighted by Gasteiger charge is 2.62. The van der Waals surface area contributed by atoms with Crippen molar-refractivity contribution in [1.29, 1.82) is 0 Å². The Morgan fingerprint density at radius 1 is 0.967 bits per heavy atom. The quantitative estimate of drug-likeness (QED) is 0.451. The van der Waals surface area contributed by atoms with Crippen LogP contribution in [0.25, 0.3) is 0 Å². The minimum Gasteiger partial charge on any atom is -0.508 e. The Hall–Kier alpha value is -2.37. The molecule has 0 aliphatic heterocycles. The molecule has 5 nitrogen and oxygen atoms in total. The number of hydrogen-bond donors (Lipinski definition) is 3. The molecule has 2 aromatic carbocycles. The Morgan fingerprint density at radius 2 is 1.63 bits per heavy atom. The Kier molecular flexibility index (Phi) is 5.60. The lowest BCUT2D eigenvalue weighted by molar-refractivity contribution is -0.167. The number of carbonyl (C=O) groups is 1. The van der Waals surface area contributed by atoms with E-state index in [9.17, 15) is 20.1 Å². The number of carbonyl (C=O) groups excluding carboxylic acids is 1. The third kappa shape index (κ3) is 3.21. The zero-order valence-electron chi connectivity index (χ0n) is 17.4. The zero-order chi connectivity index (χ0) is 21.4. The number of benzene rings is 2. The van der Waals surface area contributed by atoms with Crippen LogP contribution in [-0.4, -0.2) is 27.9 Å². The normalized spacial score (nSPS) is 26.2. The summed E-state index contributed by atoms with van der Waals surface area (Å²) in [6, 6.07) is 11.7. The molecular weight excluding hydrogens is 380 g/mol. The first-order chi connectivity index (χ1) is 14.4. The van der Waals surface area contributed by atoms with Gasteiger partial charge in [0.25, 0.3) is 0 Å². The van der Waals surface area contributed by atoms with E-state index in [2.05, 4.69) is 6.92 Å². The van der Waals surface area contributed by atoms with Gasteiger partial charge in [-0.05, 0) is 40.8 Å². The summed E-state index contributed by atoms with van der Waals surface area (Å²) in [6.07, 6.45) is 6.57. The highest BCUT2D eigenvalue weighted by Crippen LogP contribution is 2.60. The highest BCUT2D eigenvalue weighted by atomic mass is 16.5. The molecule has 2 bridgehead atoms. The number of phenols is 1. The monoisotopic (exact) mass is 410 g/mol. The van der Waals surface area contributed by atoms with Gasteiger partial charge in [-0.1, -0.05) is 69.4 Å². The van der Waals surface area contributed by atoms with Gasteiger partial charge in [-0.3, -0.25) is 4.79 Å². The molecule has 0 saturated heterocycles. The Labute approximate surface area is 177 Å². The number of aliphatic hydroxyl groups is 2. The summed E-state index contributed by atoms with van der Waals surface area (Å²) in [4.78, 5) is 13.0. The molecule has 3 atom stereocenters. The molecule has 5 rings (SSSR count). The summed E-state index contributed by atoms with van der Waals surface area (Å²) in [6.45, 7) is 2.50. The van der Waals surface area contributed by atoms with Crippen LogP contribution < -0.4 is 0 Å². The van der Waals surface area contributed by atoms with Crippen LogP contribution in [0.4, 0.5) is 0 Å². The van der Waals surface area contributed by atoms with Crippen molar-refractivity contribution in [3.63, 3.8) is 0 Å². The second kappa shape index (κ2) is 8.05. The van der Waals surface area contributed by atoms with E-state index >= 15 is 0 Å². The van der Waals surface area contributed by atoms with E-state index in [1.165, 1.54) is 31.4 Å². The first-order valence-corrected chi connectivity index (χ1v) is 11.0. The van der Waals surface area contributed by atoms with Gasteiger partial charge < -0.3 is 20.1 Å². The molecular formula is C25H30O5. The van der Waals surface area contributed by atoms with E-state index in [0.717, 1.165) is 19.3 Å². The van der Waals surface area contributed by atoms with E-state index in [4.69, 9.17) is 4.74 Å². The van der Waals surface area contributed by atoms with Crippen LogP contribution >= 0.6 is 0 Å². The lowest BCUT2D eigenvalue weighted by Gasteiger charge is -2.53. The van der Waals surface area contributed by atoms with Crippen molar-refractivity contribution < 1.29 is 24.9 Å². The van der Waals surface area contributed by atoms with Crippen molar-refractivity contribution >= 4 is 5.97 Å². The fourth-order valence-electron chi connectivity index (χ4n) is 5.12. The predicted molar refractivity (Wildman–Crippen MR) is 113 cm³/mol. The van der Waals surface area contributed by atoms with Crippen LogP contribution in [0.1, 0.15) is 74.1 Å². The highest BCUT2D eigenvalue weighted by molar-refractivity contribution is 5.79. The SMILES string of the molecule is CCCCCCCCOC(=O)C1CC2(O)c3ccccc3C1(O)c1ccc(O)cc12. The van der Waals surface area contributed by atoms with Crippen molar-refractivity contribution in [3.8, 4) is 5.75 Å². The molecule has 0 spiro atoms. The molecule has 0 radical (unpaired) electrons. The fourth-order valence-corrected chi connectivity index (χ4v) is 5.12. The third-order valence-corrected chi connectivity index (χ3v) is 6.67. The number of ether oxygens (including phenoxy) is 1. The number of unbranched alkanes of at least 4 members (excludes halogenated alkanes) is 5. The smallest absolute Gasteiger partial charge is 0.312 e. The zero-order valence-corrected chi connectivity index (χ0v) is 17.4. The van der Waals surface area contributed by atoms with Crippen LogP contribution in [0.3, 0.4) is 0 Å². The maximum atomic E-state index is 13.0. The van der Waals surface area contributed by atoms with Crippen LogP contribution in [0.2, 0.25) is 0 Å². The first-order valence-electron chi connectivity index (χ1n) is 11.0. The molecule has 0 heterocycles. The molecule has 0 saturated carbocycles. The summed E-state index contributed by atoms with van der Waals surface area (Å²) < 4.78 is 5.55. The predicted octanol–water partition coefficient (Wildman–Crippen LogP) is 4.10.